The van der Waals surface area contributed by atoms with Gasteiger partial charge in [-0.05, 0) is 31.7 Å². The minimum Gasteiger partial charge on any atom is -0.354 e. The molecule has 1 saturated heterocycles. The molecule has 3 amide bonds. The third-order valence-electron chi connectivity index (χ3n) is 3.77. The fraction of sp³-hybridized carbons (Fsp3) is 0.846. The van der Waals surface area contributed by atoms with Crippen LogP contribution in [0.15, 0.2) is 0 Å². The van der Waals surface area contributed by atoms with Crippen molar-refractivity contribution in [1.82, 2.24) is 20.4 Å². The second-order valence-corrected chi connectivity index (χ2v) is 5.74. The molecule has 19 heavy (non-hydrogen) atoms. The molecule has 6 heteroatoms. The van der Waals surface area contributed by atoms with Gasteiger partial charge < -0.3 is 20.4 Å². The van der Waals surface area contributed by atoms with Crippen LogP contribution in [0, 0.1) is 5.92 Å². The summed E-state index contributed by atoms with van der Waals surface area (Å²) in [6.07, 6.45) is 3.85. The number of nitrogens with zero attached hydrogens (tertiary/aromatic N) is 2. The summed E-state index contributed by atoms with van der Waals surface area (Å²) in [5.41, 5.74) is 0. The lowest BCUT2D eigenvalue weighted by atomic mass is 10.1. The van der Waals surface area contributed by atoms with Gasteiger partial charge in [0, 0.05) is 33.2 Å². The van der Waals surface area contributed by atoms with E-state index in [1.165, 1.54) is 30.7 Å². The van der Waals surface area contributed by atoms with E-state index >= 15 is 0 Å². The van der Waals surface area contributed by atoms with Gasteiger partial charge >= 0.3 is 6.03 Å². The number of hydrogen-bond acceptors (Lipinski definition) is 3. The van der Waals surface area contributed by atoms with E-state index in [0.29, 0.717) is 5.92 Å². The van der Waals surface area contributed by atoms with Gasteiger partial charge in [-0.3, -0.25) is 4.79 Å². The van der Waals surface area contributed by atoms with E-state index in [4.69, 9.17) is 0 Å². The highest BCUT2D eigenvalue weighted by Gasteiger charge is 2.34. The zero-order valence-electron chi connectivity index (χ0n) is 11.8. The number of hydrogen-bond donors (Lipinski definition) is 2. The molecule has 0 aromatic heterocycles. The van der Waals surface area contributed by atoms with Gasteiger partial charge in [0.2, 0.25) is 5.91 Å². The van der Waals surface area contributed by atoms with Crippen LogP contribution in [0.25, 0.3) is 0 Å². The van der Waals surface area contributed by atoms with Gasteiger partial charge in [-0.25, -0.2) is 4.79 Å². The Morgan fingerprint density at radius 1 is 1.21 bits per heavy atom. The second kappa shape index (κ2) is 6.23. The SMILES string of the molecule is CN(C)C(=O)NCC(=O)NCC1CCN(C2CC2)C1. The van der Waals surface area contributed by atoms with E-state index in [-0.39, 0.29) is 18.5 Å². The molecular weight excluding hydrogens is 244 g/mol. The summed E-state index contributed by atoms with van der Waals surface area (Å²) in [4.78, 5) is 26.8. The lowest BCUT2D eigenvalue weighted by Crippen LogP contribution is -2.42. The number of carbonyl (C=O) groups is 2. The van der Waals surface area contributed by atoms with E-state index in [2.05, 4.69) is 15.5 Å². The van der Waals surface area contributed by atoms with Gasteiger partial charge in [0.25, 0.3) is 0 Å². The monoisotopic (exact) mass is 268 g/mol. The normalized spacial score (nSPS) is 23.2. The molecule has 2 aliphatic rings. The van der Waals surface area contributed by atoms with E-state index in [9.17, 15) is 9.59 Å². The highest BCUT2D eigenvalue weighted by atomic mass is 16.2. The molecule has 2 rings (SSSR count). The quantitative estimate of drug-likeness (QED) is 0.729. The molecular formula is C13H24N4O2. The molecule has 1 aliphatic carbocycles. The van der Waals surface area contributed by atoms with Gasteiger partial charge in [-0.2, -0.15) is 0 Å². The molecule has 2 fully saturated rings. The number of likely N-dealkylation sites (tertiary alicyclic amines) is 1. The minimum atomic E-state index is -0.240. The third-order valence-corrected chi connectivity index (χ3v) is 3.77. The Bertz CT molecular complexity index is 342. The van der Waals surface area contributed by atoms with Crippen molar-refractivity contribution in [1.29, 1.82) is 0 Å². The Labute approximate surface area is 114 Å². The molecule has 0 spiro atoms. The maximum Gasteiger partial charge on any atom is 0.317 e. The number of carbonyl (C=O) groups excluding carboxylic acids is 2. The Morgan fingerprint density at radius 2 is 1.95 bits per heavy atom. The molecule has 0 aromatic carbocycles. The van der Waals surface area contributed by atoms with Crippen LogP contribution in [0.3, 0.4) is 0 Å². The second-order valence-electron chi connectivity index (χ2n) is 5.74. The van der Waals surface area contributed by atoms with Crippen molar-refractivity contribution in [2.24, 2.45) is 5.92 Å². The average Bonchev–Trinajstić information content (AvgIpc) is 3.12. The van der Waals surface area contributed by atoms with Crippen molar-refractivity contribution in [2.45, 2.75) is 25.3 Å². The van der Waals surface area contributed by atoms with Crippen LogP contribution in [-0.2, 0) is 4.79 Å². The number of rotatable bonds is 5. The van der Waals surface area contributed by atoms with Crippen molar-refractivity contribution in [3.8, 4) is 0 Å². The van der Waals surface area contributed by atoms with Gasteiger partial charge in [0.1, 0.15) is 0 Å². The fourth-order valence-electron chi connectivity index (χ4n) is 2.44. The van der Waals surface area contributed by atoms with Crippen molar-refractivity contribution in [3.63, 3.8) is 0 Å². The predicted octanol–water partition coefficient (Wildman–Crippen LogP) is -0.142. The third kappa shape index (κ3) is 4.38. The lowest BCUT2D eigenvalue weighted by Gasteiger charge is -2.15. The standard InChI is InChI=1S/C13H24N4O2/c1-16(2)13(19)15-8-12(18)14-7-10-5-6-17(9-10)11-3-4-11/h10-11H,3-9H2,1-2H3,(H,14,18)(H,15,19). The molecule has 0 bridgehead atoms. The number of urea groups is 1. The molecule has 0 aromatic rings. The summed E-state index contributed by atoms with van der Waals surface area (Å²) in [6, 6.07) is 0.580. The molecule has 0 radical (unpaired) electrons. The Hall–Kier alpha value is -1.30. The van der Waals surface area contributed by atoms with Crippen LogP contribution >= 0.6 is 0 Å². The molecule has 1 aliphatic heterocycles. The van der Waals surface area contributed by atoms with E-state index in [0.717, 1.165) is 19.1 Å². The van der Waals surface area contributed by atoms with Crippen LogP contribution in [0.2, 0.25) is 0 Å². The van der Waals surface area contributed by atoms with Crippen LogP contribution in [0.1, 0.15) is 19.3 Å². The summed E-state index contributed by atoms with van der Waals surface area (Å²) in [6.45, 7) is 3.05. The molecule has 1 unspecified atom stereocenters. The van der Waals surface area contributed by atoms with Gasteiger partial charge in [0.15, 0.2) is 0 Å². The van der Waals surface area contributed by atoms with Crippen LogP contribution in [0.4, 0.5) is 4.79 Å². The summed E-state index contributed by atoms with van der Waals surface area (Å²) in [5, 5.41) is 5.46. The maximum atomic E-state index is 11.6. The zero-order chi connectivity index (χ0) is 13.8. The predicted molar refractivity (Wildman–Crippen MR) is 72.8 cm³/mol. The van der Waals surface area contributed by atoms with Crippen molar-refractivity contribution >= 4 is 11.9 Å². The summed E-state index contributed by atoms with van der Waals surface area (Å²) in [5.74, 6) is 0.453. The van der Waals surface area contributed by atoms with Crippen molar-refractivity contribution < 1.29 is 9.59 Å². The Balaban J connectivity index is 1.57. The Morgan fingerprint density at radius 3 is 2.58 bits per heavy atom. The molecule has 1 atom stereocenters. The first kappa shape index (κ1) is 14.1. The summed E-state index contributed by atoms with van der Waals surface area (Å²) >= 11 is 0. The molecule has 1 heterocycles. The smallest absolute Gasteiger partial charge is 0.317 e. The fourth-order valence-corrected chi connectivity index (χ4v) is 2.44. The minimum absolute atomic E-state index is 0.0517. The average molecular weight is 268 g/mol. The van der Waals surface area contributed by atoms with Crippen molar-refractivity contribution in [2.75, 3.05) is 40.3 Å². The van der Waals surface area contributed by atoms with Crippen molar-refractivity contribution in [3.05, 3.63) is 0 Å². The van der Waals surface area contributed by atoms with Crippen LogP contribution in [-0.4, -0.2) is 68.1 Å². The summed E-state index contributed by atoms with van der Waals surface area (Å²) < 4.78 is 0. The molecule has 6 nitrogen and oxygen atoms in total. The van der Waals surface area contributed by atoms with Gasteiger partial charge in [0.05, 0.1) is 6.54 Å². The maximum absolute atomic E-state index is 11.6. The van der Waals surface area contributed by atoms with E-state index < -0.39 is 0 Å². The first-order valence-electron chi connectivity index (χ1n) is 7.02. The summed E-state index contributed by atoms with van der Waals surface area (Å²) in [7, 11) is 3.30. The highest BCUT2D eigenvalue weighted by molar-refractivity contribution is 5.83. The van der Waals surface area contributed by atoms with E-state index in [1.54, 1.807) is 14.1 Å². The first-order chi connectivity index (χ1) is 9.06. The van der Waals surface area contributed by atoms with Crippen LogP contribution < -0.4 is 10.6 Å². The van der Waals surface area contributed by atoms with Gasteiger partial charge in [-0.1, -0.05) is 0 Å². The highest BCUT2D eigenvalue weighted by Crippen LogP contribution is 2.31. The molecule has 1 saturated carbocycles. The Kier molecular flexibility index (Phi) is 4.63. The lowest BCUT2D eigenvalue weighted by molar-refractivity contribution is -0.120. The largest absolute Gasteiger partial charge is 0.354 e. The number of amides is 3. The van der Waals surface area contributed by atoms with Crippen LogP contribution in [0.5, 0.6) is 0 Å². The van der Waals surface area contributed by atoms with Gasteiger partial charge in [-0.15, -0.1) is 0 Å². The zero-order valence-corrected chi connectivity index (χ0v) is 11.8. The first-order valence-corrected chi connectivity index (χ1v) is 7.02. The van der Waals surface area contributed by atoms with E-state index in [1.807, 2.05) is 0 Å². The molecule has 2 N–H and O–H groups in total. The number of nitrogens with one attached hydrogen (secondary N) is 2. The molecule has 108 valence electrons. The topological polar surface area (TPSA) is 64.7 Å².